The molecule has 0 aliphatic carbocycles. The van der Waals surface area contributed by atoms with Gasteiger partial charge in [-0.15, -0.1) is 0 Å². The van der Waals surface area contributed by atoms with Gasteiger partial charge in [0.1, 0.15) is 17.7 Å². The van der Waals surface area contributed by atoms with Gasteiger partial charge in [0.15, 0.2) is 0 Å². The lowest BCUT2D eigenvalue weighted by atomic mass is 10.1. The molecule has 1 aliphatic rings. The van der Waals surface area contributed by atoms with Crippen LogP contribution in [-0.2, 0) is 19.5 Å². The van der Waals surface area contributed by atoms with Crippen molar-refractivity contribution in [3.05, 3.63) is 53.6 Å². The lowest BCUT2D eigenvalue weighted by Crippen LogP contribution is -2.20. The minimum atomic E-state index is -0.191. The average Bonchev–Trinajstić information content (AvgIpc) is 3.05. The Labute approximate surface area is 124 Å². The van der Waals surface area contributed by atoms with Crippen molar-refractivity contribution in [2.45, 2.75) is 39.0 Å². The highest BCUT2D eigenvalue weighted by molar-refractivity contribution is 5.37. The summed E-state index contributed by atoms with van der Waals surface area (Å²) in [7, 11) is 0. The van der Waals surface area contributed by atoms with Crippen LogP contribution in [0.5, 0.6) is 5.75 Å². The first kappa shape index (κ1) is 14.1. The third-order valence-electron chi connectivity index (χ3n) is 3.75. The molecule has 21 heavy (non-hydrogen) atoms. The maximum Gasteiger partial charge on any atom is 0.123 e. The van der Waals surface area contributed by atoms with Gasteiger partial charge in [-0.3, -0.25) is 0 Å². The summed E-state index contributed by atoms with van der Waals surface area (Å²) < 4.78 is 21.2. The van der Waals surface area contributed by atoms with Crippen LogP contribution in [-0.4, -0.2) is 17.2 Å². The van der Waals surface area contributed by atoms with Gasteiger partial charge < -0.3 is 14.6 Å². The maximum atomic E-state index is 13.2. The van der Waals surface area contributed by atoms with Crippen LogP contribution in [0.3, 0.4) is 0 Å². The van der Waals surface area contributed by atoms with Crippen LogP contribution in [0.25, 0.3) is 0 Å². The van der Waals surface area contributed by atoms with Gasteiger partial charge in [-0.25, -0.2) is 4.39 Å². The van der Waals surface area contributed by atoms with E-state index >= 15 is 0 Å². The van der Waals surface area contributed by atoms with Crippen molar-refractivity contribution < 1.29 is 9.13 Å². The number of halogens is 1. The summed E-state index contributed by atoms with van der Waals surface area (Å²) in [5.74, 6) is 0.627. The van der Waals surface area contributed by atoms with E-state index in [9.17, 15) is 4.39 Å². The van der Waals surface area contributed by atoms with Crippen molar-refractivity contribution in [2.24, 2.45) is 0 Å². The zero-order valence-electron chi connectivity index (χ0n) is 12.3. The number of nitrogens with one attached hydrogen (secondary N) is 1. The van der Waals surface area contributed by atoms with Gasteiger partial charge in [-0.1, -0.05) is 6.92 Å². The lowest BCUT2D eigenvalue weighted by molar-refractivity contribution is 0.209. The fourth-order valence-electron chi connectivity index (χ4n) is 2.74. The average molecular weight is 288 g/mol. The fourth-order valence-corrected chi connectivity index (χ4v) is 2.74. The summed E-state index contributed by atoms with van der Waals surface area (Å²) in [5, 5.41) is 3.39. The Morgan fingerprint density at radius 3 is 3.14 bits per heavy atom. The molecule has 0 saturated carbocycles. The summed E-state index contributed by atoms with van der Waals surface area (Å²) in [6.45, 7) is 4.90. The van der Waals surface area contributed by atoms with E-state index in [2.05, 4.69) is 35.3 Å². The topological polar surface area (TPSA) is 26.2 Å². The molecule has 0 spiro atoms. The van der Waals surface area contributed by atoms with Crippen LogP contribution in [0.4, 0.5) is 4.39 Å². The highest BCUT2D eigenvalue weighted by atomic mass is 19.1. The first-order valence-corrected chi connectivity index (χ1v) is 7.55. The predicted molar refractivity (Wildman–Crippen MR) is 80.9 cm³/mol. The first-order chi connectivity index (χ1) is 10.2. The molecule has 1 aromatic heterocycles. The smallest absolute Gasteiger partial charge is 0.123 e. The second-order valence-corrected chi connectivity index (χ2v) is 5.59. The van der Waals surface area contributed by atoms with Crippen LogP contribution in [0.2, 0.25) is 0 Å². The first-order valence-electron chi connectivity index (χ1n) is 7.55. The van der Waals surface area contributed by atoms with Gasteiger partial charge in [-0.2, -0.15) is 0 Å². The van der Waals surface area contributed by atoms with E-state index in [1.165, 1.54) is 11.6 Å². The Morgan fingerprint density at radius 1 is 1.38 bits per heavy atom. The van der Waals surface area contributed by atoms with E-state index < -0.39 is 0 Å². The Kier molecular flexibility index (Phi) is 4.25. The largest absolute Gasteiger partial charge is 0.488 e. The third kappa shape index (κ3) is 3.45. The van der Waals surface area contributed by atoms with E-state index in [1.54, 1.807) is 12.1 Å². The van der Waals surface area contributed by atoms with Crippen LogP contribution in [0, 0.1) is 5.82 Å². The summed E-state index contributed by atoms with van der Waals surface area (Å²) in [4.78, 5) is 0. The lowest BCUT2D eigenvalue weighted by Gasteiger charge is -2.11. The molecule has 3 nitrogen and oxygen atoms in total. The zero-order valence-corrected chi connectivity index (χ0v) is 12.3. The molecule has 0 fully saturated rings. The van der Waals surface area contributed by atoms with Crippen LogP contribution >= 0.6 is 0 Å². The van der Waals surface area contributed by atoms with Crippen molar-refractivity contribution in [3.63, 3.8) is 0 Å². The molecule has 0 radical (unpaired) electrons. The zero-order chi connectivity index (χ0) is 14.7. The molecule has 2 heterocycles. The minimum absolute atomic E-state index is 0.0886. The molecule has 112 valence electrons. The normalized spacial score (nSPS) is 16.8. The molecule has 0 bridgehead atoms. The molecule has 3 rings (SSSR count). The van der Waals surface area contributed by atoms with E-state index in [0.29, 0.717) is 0 Å². The molecule has 4 heteroatoms. The molecule has 1 unspecified atom stereocenters. The van der Waals surface area contributed by atoms with Crippen molar-refractivity contribution in [2.75, 3.05) is 6.54 Å². The number of nitrogens with zero attached hydrogens (tertiary/aromatic N) is 1. The van der Waals surface area contributed by atoms with E-state index in [4.69, 9.17) is 4.74 Å². The van der Waals surface area contributed by atoms with Crippen molar-refractivity contribution in [3.8, 4) is 5.75 Å². The molecule has 1 aromatic carbocycles. The van der Waals surface area contributed by atoms with Gasteiger partial charge in [-0.05, 0) is 42.8 Å². The second kappa shape index (κ2) is 6.31. The summed E-state index contributed by atoms with van der Waals surface area (Å²) in [6, 6.07) is 6.88. The number of ether oxygens (including phenoxy) is 1. The number of rotatable bonds is 6. The molecule has 0 amide bonds. The Bertz CT molecular complexity index is 609. The van der Waals surface area contributed by atoms with E-state index in [-0.39, 0.29) is 11.9 Å². The van der Waals surface area contributed by atoms with Crippen molar-refractivity contribution in [1.82, 2.24) is 9.88 Å². The number of hydrogen-bond donors (Lipinski definition) is 1. The van der Waals surface area contributed by atoms with Crippen LogP contribution < -0.4 is 10.1 Å². The van der Waals surface area contributed by atoms with Gasteiger partial charge in [0, 0.05) is 30.9 Å². The SMILES string of the molecule is CCCNCc1ccn(CC2Cc3cc(F)ccc3O2)c1. The summed E-state index contributed by atoms with van der Waals surface area (Å²) in [5.41, 5.74) is 2.25. The maximum absolute atomic E-state index is 13.2. The summed E-state index contributed by atoms with van der Waals surface area (Å²) >= 11 is 0. The van der Waals surface area contributed by atoms with E-state index in [0.717, 1.165) is 43.8 Å². The molecular weight excluding hydrogens is 267 g/mol. The number of fused-ring (bicyclic) bond motifs is 1. The molecule has 1 N–H and O–H groups in total. The second-order valence-electron chi connectivity index (χ2n) is 5.59. The van der Waals surface area contributed by atoms with Gasteiger partial charge in [0.25, 0.3) is 0 Å². The Hall–Kier alpha value is -1.81. The Balaban J connectivity index is 1.56. The number of hydrogen-bond acceptors (Lipinski definition) is 2. The van der Waals surface area contributed by atoms with E-state index in [1.807, 2.05) is 0 Å². The summed E-state index contributed by atoms with van der Waals surface area (Å²) in [6.07, 6.45) is 6.23. The van der Waals surface area contributed by atoms with Gasteiger partial charge in [0.05, 0.1) is 6.54 Å². The van der Waals surface area contributed by atoms with Crippen molar-refractivity contribution >= 4 is 0 Å². The molecule has 1 aliphatic heterocycles. The fraction of sp³-hybridized carbons (Fsp3) is 0.412. The predicted octanol–water partition coefficient (Wildman–Crippen LogP) is 3.13. The molecule has 2 aromatic rings. The Morgan fingerprint density at radius 2 is 2.29 bits per heavy atom. The highest BCUT2D eigenvalue weighted by Crippen LogP contribution is 2.29. The monoisotopic (exact) mass is 288 g/mol. The molecular formula is C17H21FN2O. The third-order valence-corrected chi connectivity index (χ3v) is 3.75. The molecule has 0 saturated heterocycles. The highest BCUT2D eigenvalue weighted by Gasteiger charge is 2.23. The van der Waals surface area contributed by atoms with Gasteiger partial charge >= 0.3 is 0 Å². The van der Waals surface area contributed by atoms with Gasteiger partial charge in [0.2, 0.25) is 0 Å². The minimum Gasteiger partial charge on any atom is -0.488 e. The van der Waals surface area contributed by atoms with Crippen molar-refractivity contribution in [1.29, 1.82) is 0 Å². The number of aromatic nitrogens is 1. The molecule has 1 atom stereocenters. The van der Waals surface area contributed by atoms with Crippen LogP contribution in [0.1, 0.15) is 24.5 Å². The quantitative estimate of drug-likeness (QED) is 0.827. The standard InChI is InChI=1S/C17H21FN2O/c1-2-6-19-10-13-5-7-20(11-13)12-16-9-14-8-15(18)3-4-17(14)21-16/h3-5,7-8,11,16,19H,2,6,9-10,12H2,1H3. The number of benzene rings is 1. The van der Waals surface area contributed by atoms with Crippen LogP contribution in [0.15, 0.2) is 36.7 Å².